The standard InChI is InChI=1S/C18H19NO2/c19-17-11-4-3-10-16(17)18(20)21-12-14-8-5-7-13-6-1-2-9-15(13)14/h1-4,6,9-11,14H,5,7-8,12,19H2. The van der Waals surface area contributed by atoms with Crippen molar-refractivity contribution < 1.29 is 9.53 Å². The highest BCUT2D eigenvalue weighted by Gasteiger charge is 2.21. The van der Waals surface area contributed by atoms with Crippen LogP contribution >= 0.6 is 0 Å². The Labute approximate surface area is 124 Å². The fourth-order valence-corrected chi connectivity index (χ4v) is 2.96. The van der Waals surface area contributed by atoms with E-state index in [2.05, 4.69) is 18.2 Å². The van der Waals surface area contributed by atoms with Crippen LogP contribution in [0, 0.1) is 0 Å². The van der Waals surface area contributed by atoms with Gasteiger partial charge in [0, 0.05) is 11.6 Å². The molecule has 0 fully saturated rings. The van der Waals surface area contributed by atoms with Gasteiger partial charge >= 0.3 is 5.97 Å². The predicted octanol–water partition coefficient (Wildman–Crippen LogP) is 3.55. The van der Waals surface area contributed by atoms with Crippen LogP contribution < -0.4 is 5.73 Å². The van der Waals surface area contributed by atoms with E-state index in [0.717, 1.165) is 19.3 Å². The molecular formula is C18H19NO2. The number of nitrogens with two attached hydrogens (primary N) is 1. The fraction of sp³-hybridized carbons (Fsp3) is 0.278. The van der Waals surface area contributed by atoms with Crippen LogP contribution in [0.15, 0.2) is 48.5 Å². The first-order chi connectivity index (χ1) is 10.3. The quantitative estimate of drug-likeness (QED) is 0.691. The fourth-order valence-electron chi connectivity index (χ4n) is 2.96. The predicted molar refractivity (Wildman–Crippen MR) is 83.3 cm³/mol. The number of anilines is 1. The van der Waals surface area contributed by atoms with E-state index in [-0.39, 0.29) is 5.97 Å². The number of benzene rings is 2. The maximum Gasteiger partial charge on any atom is 0.340 e. The van der Waals surface area contributed by atoms with Gasteiger partial charge in [0.2, 0.25) is 0 Å². The smallest absolute Gasteiger partial charge is 0.340 e. The average molecular weight is 281 g/mol. The maximum atomic E-state index is 12.1. The summed E-state index contributed by atoms with van der Waals surface area (Å²) < 4.78 is 5.49. The second kappa shape index (κ2) is 6.00. The zero-order chi connectivity index (χ0) is 14.7. The van der Waals surface area contributed by atoms with Gasteiger partial charge in [0.25, 0.3) is 0 Å². The molecule has 0 spiro atoms. The Hall–Kier alpha value is -2.29. The van der Waals surface area contributed by atoms with Gasteiger partial charge in [0.05, 0.1) is 12.2 Å². The number of hydrogen-bond donors (Lipinski definition) is 1. The van der Waals surface area contributed by atoms with E-state index in [1.165, 1.54) is 11.1 Å². The van der Waals surface area contributed by atoms with Gasteiger partial charge in [-0.3, -0.25) is 0 Å². The third kappa shape index (κ3) is 2.92. The Morgan fingerprint density at radius 2 is 1.90 bits per heavy atom. The molecule has 0 heterocycles. The largest absolute Gasteiger partial charge is 0.461 e. The van der Waals surface area contributed by atoms with Gasteiger partial charge in [-0.25, -0.2) is 4.79 Å². The summed E-state index contributed by atoms with van der Waals surface area (Å²) in [5.74, 6) is -0.0417. The van der Waals surface area contributed by atoms with E-state index in [9.17, 15) is 4.79 Å². The summed E-state index contributed by atoms with van der Waals surface area (Å²) in [5.41, 5.74) is 9.41. The molecule has 1 aliphatic carbocycles. The van der Waals surface area contributed by atoms with Crippen molar-refractivity contribution in [2.75, 3.05) is 12.3 Å². The van der Waals surface area contributed by atoms with E-state index in [1.54, 1.807) is 18.2 Å². The number of carbonyl (C=O) groups is 1. The third-order valence-corrected chi connectivity index (χ3v) is 4.09. The van der Waals surface area contributed by atoms with Gasteiger partial charge in [-0.1, -0.05) is 36.4 Å². The molecule has 1 atom stereocenters. The molecule has 108 valence electrons. The Morgan fingerprint density at radius 1 is 1.14 bits per heavy atom. The molecule has 0 aliphatic heterocycles. The van der Waals surface area contributed by atoms with Gasteiger partial charge in [0.15, 0.2) is 0 Å². The van der Waals surface area contributed by atoms with Gasteiger partial charge in [-0.15, -0.1) is 0 Å². The molecule has 3 rings (SSSR count). The molecule has 3 heteroatoms. The minimum absolute atomic E-state index is 0.295. The number of para-hydroxylation sites is 1. The van der Waals surface area contributed by atoms with E-state index in [1.807, 2.05) is 12.1 Å². The number of hydrogen-bond acceptors (Lipinski definition) is 3. The maximum absolute atomic E-state index is 12.1. The van der Waals surface area contributed by atoms with Crippen molar-refractivity contribution >= 4 is 11.7 Å². The lowest BCUT2D eigenvalue weighted by atomic mass is 9.83. The van der Waals surface area contributed by atoms with E-state index < -0.39 is 0 Å². The molecule has 2 N–H and O–H groups in total. The zero-order valence-electron chi connectivity index (χ0n) is 11.9. The van der Waals surface area contributed by atoms with Gasteiger partial charge in [0.1, 0.15) is 0 Å². The molecule has 2 aromatic rings. The molecule has 0 aromatic heterocycles. The molecule has 1 aliphatic rings. The van der Waals surface area contributed by atoms with Crippen molar-refractivity contribution in [3.8, 4) is 0 Å². The first-order valence-corrected chi connectivity index (χ1v) is 7.35. The number of esters is 1. The zero-order valence-corrected chi connectivity index (χ0v) is 11.9. The van der Waals surface area contributed by atoms with Crippen LogP contribution in [0.5, 0.6) is 0 Å². The van der Waals surface area contributed by atoms with E-state index >= 15 is 0 Å². The minimum Gasteiger partial charge on any atom is -0.461 e. The van der Waals surface area contributed by atoms with Crippen molar-refractivity contribution in [1.82, 2.24) is 0 Å². The highest BCUT2D eigenvalue weighted by atomic mass is 16.5. The monoisotopic (exact) mass is 281 g/mol. The van der Waals surface area contributed by atoms with Crippen LogP contribution in [0.2, 0.25) is 0 Å². The highest BCUT2D eigenvalue weighted by molar-refractivity contribution is 5.94. The lowest BCUT2D eigenvalue weighted by Crippen LogP contribution is -2.18. The average Bonchev–Trinajstić information content (AvgIpc) is 2.53. The van der Waals surface area contributed by atoms with Gasteiger partial charge in [-0.05, 0) is 42.5 Å². The molecule has 0 bridgehead atoms. The second-order valence-electron chi connectivity index (χ2n) is 5.47. The molecule has 21 heavy (non-hydrogen) atoms. The van der Waals surface area contributed by atoms with Crippen molar-refractivity contribution in [2.45, 2.75) is 25.2 Å². The Bertz CT molecular complexity index is 651. The Kier molecular flexibility index (Phi) is 3.91. The van der Waals surface area contributed by atoms with E-state index in [0.29, 0.717) is 23.8 Å². The van der Waals surface area contributed by atoms with Crippen molar-refractivity contribution in [3.63, 3.8) is 0 Å². The molecular weight excluding hydrogens is 262 g/mol. The molecule has 1 unspecified atom stereocenters. The van der Waals surface area contributed by atoms with Crippen LogP contribution in [0.4, 0.5) is 5.69 Å². The SMILES string of the molecule is Nc1ccccc1C(=O)OCC1CCCc2ccccc21. The second-order valence-corrected chi connectivity index (χ2v) is 5.47. The third-order valence-electron chi connectivity index (χ3n) is 4.09. The summed E-state index contributed by atoms with van der Waals surface area (Å²) in [6, 6.07) is 15.4. The van der Waals surface area contributed by atoms with Gasteiger partial charge in [-0.2, -0.15) is 0 Å². The molecule has 0 amide bonds. The van der Waals surface area contributed by atoms with Gasteiger partial charge < -0.3 is 10.5 Å². The molecule has 0 saturated heterocycles. The lowest BCUT2D eigenvalue weighted by molar-refractivity contribution is 0.0473. The van der Waals surface area contributed by atoms with Crippen LogP contribution in [0.3, 0.4) is 0 Å². The first-order valence-electron chi connectivity index (χ1n) is 7.35. The number of ether oxygens (including phenoxy) is 1. The number of rotatable bonds is 3. The summed E-state index contributed by atoms with van der Waals surface area (Å²) in [6.07, 6.45) is 3.33. The van der Waals surface area contributed by atoms with Crippen LogP contribution in [0.1, 0.15) is 40.2 Å². The molecule has 0 radical (unpaired) electrons. The molecule has 0 saturated carbocycles. The summed E-state index contributed by atoms with van der Waals surface area (Å²) in [6.45, 7) is 0.421. The number of fused-ring (bicyclic) bond motifs is 1. The minimum atomic E-state index is -0.337. The first kappa shape index (κ1) is 13.7. The van der Waals surface area contributed by atoms with Crippen molar-refractivity contribution in [2.24, 2.45) is 0 Å². The Morgan fingerprint density at radius 3 is 2.76 bits per heavy atom. The summed E-state index contributed by atoms with van der Waals surface area (Å²) >= 11 is 0. The molecule has 2 aromatic carbocycles. The molecule has 3 nitrogen and oxygen atoms in total. The van der Waals surface area contributed by atoms with E-state index in [4.69, 9.17) is 10.5 Å². The topological polar surface area (TPSA) is 52.3 Å². The Balaban J connectivity index is 1.69. The number of aryl methyl sites for hydroxylation is 1. The van der Waals surface area contributed by atoms with Crippen molar-refractivity contribution in [3.05, 3.63) is 65.2 Å². The summed E-state index contributed by atoms with van der Waals surface area (Å²) in [7, 11) is 0. The van der Waals surface area contributed by atoms with Crippen LogP contribution in [0.25, 0.3) is 0 Å². The summed E-state index contributed by atoms with van der Waals surface area (Å²) in [4.78, 5) is 12.1. The number of carbonyl (C=O) groups excluding carboxylic acids is 1. The summed E-state index contributed by atoms with van der Waals surface area (Å²) in [5, 5.41) is 0. The van der Waals surface area contributed by atoms with Crippen molar-refractivity contribution in [1.29, 1.82) is 0 Å². The number of nitrogen functional groups attached to an aromatic ring is 1. The van der Waals surface area contributed by atoms with Crippen LogP contribution in [-0.2, 0) is 11.2 Å². The van der Waals surface area contributed by atoms with Crippen LogP contribution in [-0.4, -0.2) is 12.6 Å². The lowest BCUT2D eigenvalue weighted by Gasteiger charge is -2.25. The highest BCUT2D eigenvalue weighted by Crippen LogP contribution is 2.31. The normalized spacial score (nSPS) is 17.0.